The monoisotopic (exact) mass is 397 g/mol. The number of H-pyrrole nitrogens is 1. The summed E-state index contributed by atoms with van der Waals surface area (Å²) in [5.41, 5.74) is -1.44. The number of carbonyl (C=O) groups excluding carboxylic acids is 1. The van der Waals surface area contributed by atoms with Gasteiger partial charge >= 0.3 is 6.18 Å². The molecule has 0 aliphatic heterocycles. The standard InChI is InChI=1S/C17H18F3N5O3/c18-17(19,20)15-14(21-9-22-15)16(26)24-11-7-5-10(6-8-11)23-12-3-1-2-4-13(12)25(27)28/h1-4,9-11,23H,5-8H2,(H,21,22)(H,24,26). The number of nitrogens with one attached hydrogen (secondary N) is 3. The van der Waals surface area contributed by atoms with E-state index in [1.54, 1.807) is 18.2 Å². The Balaban J connectivity index is 1.56. The SMILES string of the molecule is O=C(NC1CCC(Nc2ccccc2[N+](=O)[O-])CC1)c1nc[nH]c1C(F)(F)F. The smallest absolute Gasteiger partial charge is 0.377 e. The van der Waals surface area contributed by atoms with Gasteiger partial charge in [0.15, 0.2) is 11.4 Å². The van der Waals surface area contributed by atoms with E-state index in [-0.39, 0.29) is 17.8 Å². The van der Waals surface area contributed by atoms with Gasteiger partial charge < -0.3 is 15.6 Å². The first-order chi connectivity index (χ1) is 13.3. The minimum atomic E-state index is -4.69. The van der Waals surface area contributed by atoms with Gasteiger partial charge in [-0.15, -0.1) is 0 Å². The van der Waals surface area contributed by atoms with Crippen molar-refractivity contribution in [3.8, 4) is 0 Å². The molecule has 3 rings (SSSR count). The molecule has 1 aromatic heterocycles. The molecule has 8 nitrogen and oxygen atoms in total. The van der Waals surface area contributed by atoms with Crippen LogP contribution in [-0.4, -0.2) is 32.9 Å². The number of carbonyl (C=O) groups is 1. The predicted molar refractivity (Wildman–Crippen MR) is 93.8 cm³/mol. The van der Waals surface area contributed by atoms with Crippen LogP contribution < -0.4 is 10.6 Å². The van der Waals surface area contributed by atoms with Crippen LogP contribution >= 0.6 is 0 Å². The molecule has 3 N–H and O–H groups in total. The molecule has 0 unspecified atom stereocenters. The third kappa shape index (κ3) is 4.41. The number of anilines is 1. The fourth-order valence-corrected chi connectivity index (χ4v) is 3.29. The number of hydrogen-bond acceptors (Lipinski definition) is 5. The van der Waals surface area contributed by atoms with Crippen molar-refractivity contribution >= 4 is 17.3 Å². The zero-order chi connectivity index (χ0) is 20.3. The van der Waals surface area contributed by atoms with Gasteiger partial charge in [0.05, 0.1) is 11.3 Å². The number of aromatic amines is 1. The number of alkyl halides is 3. The van der Waals surface area contributed by atoms with E-state index in [0.29, 0.717) is 31.4 Å². The third-order valence-corrected chi connectivity index (χ3v) is 4.66. The zero-order valence-corrected chi connectivity index (χ0v) is 14.6. The van der Waals surface area contributed by atoms with Gasteiger partial charge in [-0.1, -0.05) is 12.1 Å². The molecule has 1 aliphatic rings. The molecular formula is C17H18F3N5O3. The van der Waals surface area contributed by atoms with Crippen LogP contribution in [-0.2, 0) is 6.18 Å². The highest BCUT2D eigenvalue weighted by atomic mass is 19.4. The number of benzene rings is 1. The van der Waals surface area contributed by atoms with Crippen molar-refractivity contribution < 1.29 is 22.9 Å². The Labute approximate surface area is 157 Å². The largest absolute Gasteiger partial charge is 0.433 e. The highest BCUT2D eigenvalue weighted by Crippen LogP contribution is 2.30. The summed E-state index contributed by atoms with van der Waals surface area (Å²) in [5, 5.41) is 16.8. The lowest BCUT2D eigenvalue weighted by molar-refractivity contribution is -0.384. The second-order valence-electron chi connectivity index (χ2n) is 6.56. The number of rotatable bonds is 5. The van der Waals surface area contributed by atoms with Gasteiger partial charge in [0.2, 0.25) is 0 Å². The van der Waals surface area contributed by atoms with E-state index in [0.717, 1.165) is 6.33 Å². The Morgan fingerprint density at radius 1 is 1.18 bits per heavy atom. The minimum Gasteiger partial charge on any atom is -0.377 e. The molecule has 1 saturated carbocycles. The Morgan fingerprint density at radius 2 is 1.82 bits per heavy atom. The number of amides is 1. The first-order valence-corrected chi connectivity index (χ1v) is 8.67. The highest BCUT2D eigenvalue weighted by molar-refractivity contribution is 5.93. The summed E-state index contributed by atoms with van der Waals surface area (Å²) < 4.78 is 38.6. The topological polar surface area (TPSA) is 113 Å². The van der Waals surface area contributed by atoms with Crippen LogP contribution in [0.5, 0.6) is 0 Å². The Bertz CT molecular complexity index is 860. The Morgan fingerprint density at radius 3 is 2.46 bits per heavy atom. The maximum Gasteiger partial charge on any atom is 0.433 e. The normalized spacial score (nSPS) is 19.8. The Hall–Kier alpha value is -3.11. The van der Waals surface area contributed by atoms with Crippen LogP contribution in [0.15, 0.2) is 30.6 Å². The lowest BCUT2D eigenvalue weighted by Gasteiger charge is -2.30. The number of imidazole rings is 1. The molecule has 0 bridgehead atoms. The summed E-state index contributed by atoms with van der Waals surface area (Å²) in [6.45, 7) is 0. The van der Waals surface area contributed by atoms with Crippen molar-refractivity contribution in [2.75, 3.05) is 5.32 Å². The molecule has 0 saturated heterocycles. The minimum absolute atomic E-state index is 0.0175. The molecule has 150 valence electrons. The summed E-state index contributed by atoms with van der Waals surface area (Å²) in [6.07, 6.45) is -1.54. The summed E-state index contributed by atoms with van der Waals surface area (Å²) in [4.78, 5) is 28.2. The van der Waals surface area contributed by atoms with Gasteiger partial charge in [0, 0.05) is 18.2 Å². The first kappa shape index (κ1) is 19.6. The lowest BCUT2D eigenvalue weighted by Crippen LogP contribution is -2.40. The average molecular weight is 397 g/mol. The molecule has 1 aliphatic carbocycles. The summed E-state index contributed by atoms with van der Waals surface area (Å²) in [5.74, 6) is -0.872. The van der Waals surface area contributed by atoms with Crippen LogP contribution in [0, 0.1) is 10.1 Å². The van der Waals surface area contributed by atoms with Crippen molar-refractivity contribution in [3.05, 3.63) is 52.1 Å². The van der Waals surface area contributed by atoms with E-state index >= 15 is 0 Å². The number of halogens is 3. The first-order valence-electron chi connectivity index (χ1n) is 8.67. The number of nitro benzene ring substituents is 1. The molecule has 28 heavy (non-hydrogen) atoms. The summed E-state index contributed by atoms with van der Waals surface area (Å²) >= 11 is 0. The van der Waals surface area contributed by atoms with Crippen molar-refractivity contribution in [2.24, 2.45) is 0 Å². The fraction of sp³-hybridized carbons (Fsp3) is 0.412. The van der Waals surface area contributed by atoms with Gasteiger partial charge in [-0.3, -0.25) is 14.9 Å². The van der Waals surface area contributed by atoms with E-state index in [4.69, 9.17) is 0 Å². The van der Waals surface area contributed by atoms with E-state index < -0.39 is 28.4 Å². The molecular weight excluding hydrogens is 379 g/mol. The molecule has 0 radical (unpaired) electrons. The van der Waals surface area contributed by atoms with Crippen LogP contribution in [0.2, 0.25) is 0 Å². The van der Waals surface area contributed by atoms with Crippen LogP contribution in [0.1, 0.15) is 41.9 Å². The summed E-state index contributed by atoms with van der Waals surface area (Å²) in [6, 6.07) is 6.02. The fourth-order valence-electron chi connectivity index (χ4n) is 3.29. The van der Waals surface area contributed by atoms with Crippen molar-refractivity contribution in [3.63, 3.8) is 0 Å². The molecule has 0 spiro atoms. The third-order valence-electron chi connectivity index (χ3n) is 4.66. The van der Waals surface area contributed by atoms with Crippen LogP contribution in [0.25, 0.3) is 0 Å². The van der Waals surface area contributed by atoms with Gasteiger partial charge in [0.25, 0.3) is 11.6 Å². The molecule has 1 amide bonds. The molecule has 1 heterocycles. The quantitative estimate of drug-likeness (QED) is 0.528. The van der Waals surface area contributed by atoms with Crippen LogP contribution in [0.3, 0.4) is 0 Å². The number of nitro groups is 1. The zero-order valence-electron chi connectivity index (χ0n) is 14.6. The highest BCUT2D eigenvalue weighted by Gasteiger charge is 2.38. The second-order valence-corrected chi connectivity index (χ2v) is 6.56. The van der Waals surface area contributed by atoms with E-state index in [9.17, 15) is 28.1 Å². The van der Waals surface area contributed by atoms with E-state index in [1.165, 1.54) is 6.07 Å². The molecule has 11 heteroatoms. The predicted octanol–water partition coefficient (Wildman–Crippen LogP) is 3.49. The molecule has 1 aromatic carbocycles. The molecule has 1 fully saturated rings. The van der Waals surface area contributed by atoms with Gasteiger partial charge in [0.1, 0.15) is 5.69 Å². The van der Waals surface area contributed by atoms with E-state index in [2.05, 4.69) is 15.6 Å². The van der Waals surface area contributed by atoms with Gasteiger partial charge in [-0.25, -0.2) is 4.98 Å². The number of aromatic nitrogens is 2. The number of hydrogen-bond donors (Lipinski definition) is 3. The molecule has 0 atom stereocenters. The maximum absolute atomic E-state index is 12.9. The average Bonchev–Trinajstić information content (AvgIpc) is 3.14. The Kier molecular flexibility index (Phi) is 5.52. The van der Waals surface area contributed by atoms with Crippen molar-refractivity contribution in [1.29, 1.82) is 0 Å². The maximum atomic E-state index is 12.9. The van der Waals surface area contributed by atoms with E-state index in [1.807, 2.05) is 4.98 Å². The summed E-state index contributed by atoms with van der Waals surface area (Å²) in [7, 11) is 0. The van der Waals surface area contributed by atoms with Gasteiger partial charge in [-0.2, -0.15) is 13.2 Å². The molecule has 2 aromatic rings. The van der Waals surface area contributed by atoms with Crippen molar-refractivity contribution in [1.82, 2.24) is 15.3 Å². The van der Waals surface area contributed by atoms with Crippen molar-refractivity contribution in [2.45, 2.75) is 43.9 Å². The lowest BCUT2D eigenvalue weighted by atomic mass is 9.90. The number of para-hydroxylation sites is 2. The number of nitrogens with zero attached hydrogens (tertiary/aromatic N) is 2. The van der Waals surface area contributed by atoms with Crippen LogP contribution in [0.4, 0.5) is 24.5 Å². The van der Waals surface area contributed by atoms with Gasteiger partial charge in [-0.05, 0) is 31.7 Å². The second kappa shape index (κ2) is 7.87.